The third kappa shape index (κ3) is 3.99. The number of nitrogens with zero attached hydrogens (tertiary/aromatic N) is 2. The van der Waals surface area contributed by atoms with Gasteiger partial charge in [0.1, 0.15) is 11.5 Å². The van der Waals surface area contributed by atoms with E-state index in [0.717, 1.165) is 39.2 Å². The molecule has 1 aliphatic heterocycles. The Hall–Kier alpha value is -7.10. The van der Waals surface area contributed by atoms with Crippen molar-refractivity contribution in [3.8, 4) is 45.1 Å². The van der Waals surface area contributed by atoms with E-state index in [-0.39, 0.29) is 0 Å². The van der Waals surface area contributed by atoms with Crippen LogP contribution in [0.3, 0.4) is 0 Å². The predicted molar refractivity (Wildman–Crippen MR) is 221 cm³/mol. The SMILES string of the molecule is c1ccc(-n2c3ccccc3c3ccc(-c4ccc5c(c4)-c4cccc6c4c(cc4c6c6ccccc6n4-c4cccc6ccccc46)O5)cc32)cc1. The van der Waals surface area contributed by atoms with Gasteiger partial charge in [-0.2, -0.15) is 0 Å². The van der Waals surface area contributed by atoms with Crippen LogP contribution in [0, 0.1) is 0 Å². The Balaban J connectivity index is 1.08. The third-order valence-electron chi connectivity index (χ3n) is 11.3. The van der Waals surface area contributed by atoms with Gasteiger partial charge in [0.05, 0.1) is 27.8 Å². The van der Waals surface area contributed by atoms with Crippen LogP contribution in [0.1, 0.15) is 0 Å². The molecule has 3 heterocycles. The van der Waals surface area contributed by atoms with Crippen LogP contribution in [0.15, 0.2) is 182 Å². The molecule has 53 heavy (non-hydrogen) atoms. The number of ether oxygens (including phenoxy) is 1. The van der Waals surface area contributed by atoms with Gasteiger partial charge in [0.25, 0.3) is 0 Å². The van der Waals surface area contributed by atoms with E-state index in [2.05, 4.69) is 191 Å². The van der Waals surface area contributed by atoms with Crippen molar-refractivity contribution in [3.05, 3.63) is 182 Å². The molecule has 0 bridgehead atoms. The number of rotatable bonds is 3. The molecule has 0 unspecified atom stereocenters. The highest BCUT2D eigenvalue weighted by molar-refractivity contribution is 6.25. The summed E-state index contributed by atoms with van der Waals surface area (Å²) >= 11 is 0. The van der Waals surface area contributed by atoms with Crippen LogP contribution >= 0.6 is 0 Å². The highest BCUT2D eigenvalue weighted by atomic mass is 16.5. The molecular weight excluding hydrogens is 645 g/mol. The van der Waals surface area contributed by atoms with Crippen molar-refractivity contribution in [2.24, 2.45) is 0 Å². The molecule has 0 N–H and O–H groups in total. The first-order chi connectivity index (χ1) is 26.3. The molecule has 3 heteroatoms. The van der Waals surface area contributed by atoms with Crippen LogP contribution in [0.4, 0.5) is 0 Å². The van der Waals surface area contributed by atoms with Crippen LogP contribution in [0.5, 0.6) is 11.5 Å². The highest BCUT2D eigenvalue weighted by Gasteiger charge is 2.25. The second-order valence-electron chi connectivity index (χ2n) is 14.1. The van der Waals surface area contributed by atoms with Crippen LogP contribution in [0.25, 0.3) is 98.8 Å². The fourth-order valence-electron chi connectivity index (χ4n) is 9.00. The van der Waals surface area contributed by atoms with Gasteiger partial charge in [-0.3, -0.25) is 0 Å². The maximum absolute atomic E-state index is 6.89. The lowest BCUT2D eigenvalue weighted by Crippen LogP contribution is -1.99. The average Bonchev–Trinajstić information content (AvgIpc) is 3.73. The first kappa shape index (κ1) is 28.6. The number of aromatic nitrogens is 2. The highest BCUT2D eigenvalue weighted by Crippen LogP contribution is 2.51. The maximum Gasteiger partial charge on any atom is 0.138 e. The predicted octanol–water partition coefficient (Wildman–Crippen LogP) is 13.6. The van der Waals surface area contributed by atoms with Crippen molar-refractivity contribution in [3.63, 3.8) is 0 Å². The van der Waals surface area contributed by atoms with Crippen molar-refractivity contribution in [2.75, 3.05) is 0 Å². The monoisotopic (exact) mass is 674 g/mol. The molecule has 0 fully saturated rings. The van der Waals surface area contributed by atoms with Crippen LogP contribution in [0.2, 0.25) is 0 Å². The fraction of sp³-hybridized carbons (Fsp3) is 0. The van der Waals surface area contributed by atoms with Gasteiger partial charge in [0.2, 0.25) is 0 Å². The standard InChI is InChI=1S/C50H30N2O/c1-2-14-34(15-3-1)51-43-21-8-6-17-36(43)37-26-24-33(29-45(37)51)32-25-27-47-41(28-32)38-19-11-20-40-49-39-18-7-9-22-44(39)52(46(49)30-48(53-47)50(38)40)42-23-10-13-31-12-4-5-16-35(31)42/h1-30H. The summed E-state index contributed by atoms with van der Waals surface area (Å²) in [6.45, 7) is 0. The van der Waals surface area contributed by atoms with Crippen molar-refractivity contribution in [1.29, 1.82) is 0 Å². The minimum Gasteiger partial charge on any atom is -0.456 e. The molecule has 0 aliphatic carbocycles. The van der Waals surface area contributed by atoms with Crippen molar-refractivity contribution >= 4 is 65.2 Å². The normalized spacial score (nSPS) is 12.3. The van der Waals surface area contributed by atoms with Crippen molar-refractivity contribution in [2.45, 2.75) is 0 Å². The molecule has 9 aromatic carbocycles. The van der Waals surface area contributed by atoms with Gasteiger partial charge >= 0.3 is 0 Å². The van der Waals surface area contributed by atoms with E-state index >= 15 is 0 Å². The minimum atomic E-state index is 0.875. The minimum absolute atomic E-state index is 0.875. The second-order valence-corrected chi connectivity index (χ2v) is 14.1. The van der Waals surface area contributed by atoms with Gasteiger partial charge < -0.3 is 13.9 Å². The molecule has 0 atom stereocenters. The van der Waals surface area contributed by atoms with E-state index in [1.165, 1.54) is 71.1 Å². The Bertz CT molecular complexity index is 3310. The molecule has 11 aromatic rings. The molecule has 246 valence electrons. The van der Waals surface area contributed by atoms with Crippen molar-refractivity contribution in [1.82, 2.24) is 9.13 Å². The van der Waals surface area contributed by atoms with E-state index in [0.29, 0.717) is 0 Å². The molecule has 0 saturated carbocycles. The molecule has 2 aromatic heterocycles. The van der Waals surface area contributed by atoms with Gasteiger partial charge in [-0.1, -0.05) is 127 Å². The molecule has 1 aliphatic rings. The van der Waals surface area contributed by atoms with E-state index in [9.17, 15) is 0 Å². The summed E-state index contributed by atoms with van der Waals surface area (Å²) in [6.07, 6.45) is 0. The Morgan fingerprint density at radius 3 is 1.89 bits per heavy atom. The molecular formula is C50H30N2O. The summed E-state index contributed by atoms with van der Waals surface area (Å²) in [7, 11) is 0. The zero-order chi connectivity index (χ0) is 34.6. The number of hydrogen-bond acceptors (Lipinski definition) is 1. The molecule has 0 spiro atoms. The largest absolute Gasteiger partial charge is 0.456 e. The fourth-order valence-corrected chi connectivity index (χ4v) is 9.00. The molecule has 3 nitrogen and oxygen atoms in total. The molecule has 0 amide bonds. The van der Waals surface area contributed by atoms with Crippen LogP contribution < -0.4 is 4.74 Å². The van der Waals surface area contributed by atoms with E-state index in [4.69, 9.17) is 4.74 Å². The zero-order valence-corrected chi connectivity index (χ0v) is 28.6. The second kappa shape index (κ2) is 10.7. The number of hydrogen-bond donors (Lipinski definition) is 0. The molecule has 0 saturated heterocycles. The summed E-state index contributed by atoms with van der Waals surface area (Å²) < 4.78 is 11.7. The van der Waals surface area contributed by atoms with Crippen LogP contribution in [-0.4, -0.2) is 9.13 Å². The third-order valence-corrected chi connectivity index (χ3v) is 11.3. The van der Waals surface area contributed by atoms with E-state index in [1.54, 1.807) is 0 Å². The lowest BCUT2D eigenvalue weighted by molar-refractivity contribution is 0.487. The summed E-state index contributed by atoms with van der Waals surface area (Å²) in [5.74, 6) is 1.77. The van der Waals surface area contributed by atoms with Gasteiger partial charge in [-0.25, -0.2) is 0 Å². The van der Waals surface area contributed by atoms with Crippen LogP contribution in [-0.2, 0) is 0 Å². The zero-order valence-electron chi connectivity index (χ0n) is 28.6. The Kier molecular flexibility index (Phi) is 5.77. The summed E-state index contributed by atoms with van der Waals surface area (Å²) in [6, 6.07) is 65.9. The van der Waals surface area contributed by atoms with Crippen molar-refractivity contribution < 1.29 is 4.74 Å². The Labute approximate surface area is 305 Å². The molecule has 12 rings (SSSR count). The van der Waals surface area contributed by atoms with E-state index < -0.39 is 0 Å². The first-order valence-corrected chi connectivity index (χ1v) is 18.2. The quantitative estimate of drug-likeness (QED) is 0.183. The lowest BCUT2D eigenvalue weighted by atomic mass is 9.90. The lowest BCUT2D eigenvalue weighted by Gasteiger charge is -2.23. The topological polar surface area (TPSA) is 19.1 Å². The number of para-hydroxylation sites is 3. The smallest absolute Gasteiger partial charge is 0.138 e. The van der Waals surface area contributed by atoms with Gasteiger partial charge in [-0.15, -0.1) is 0 Å². The maximum atomic E-state index is 6.89. The average molecular weight is 675 g/mol. The Morgan fingerprint density at radius 2 is 1.00 bits per heavy atom. The van der Waals surface area contributed by atoms with Gasteiger partial charge in [0, 0.05) is 49.6 Å². The number of benzene rings is 9. The summed E-state index contributed by atoms with van der Waals surface area (Å²) in [5, 5.41) is 9.80. The van der Waals surface area contributed by atoms with Gasteiger partial charge in [-0.05, 0) is 76.0 Å². The van der Waals surface area contributed by atoms with Gasteiger partial charge in [0.15, 0.2) is 0 Å². The Morgan fingerprint density at radius 1 is 0.340 bits per heavy atom. The summed E-state index contributed by atoms with van der Waals surface area (Å²) in [4.78, 5) is 0. The van der Waals surface area contributed by atoms with E-state index in [1.807, 2.05) is 0 Å². The first-order valence-electron chi connectivity index (χ1n) is 18.2. The number of fused-ring (bicyclic) bond motifs is 10. The summed E-state index contributed by atoms with van der Waals surface area (Å²) in [5.41, 5.74) is 11.7. The molecule has 0 radical (unpaired) electrons.